The van der Waals surface area contributed by atoms with Crippen LogP contribution in [0.25, 0.3) is 6.08 Å². The van der Waals surface area contributed by atoms with E-state index in [2.05, 4.69) is 0 Å². The number of fused-ring (bicyclic) bond motifs is 1. The van der Waals surface area contributed by atoms with E-state index in [-0.39, 0.29) is 17.4 Å². The lowest BCUT2D eigenvalue weighted by Gasteiger charge is -2.03. The van der Waals surface area contributed by atoms with Gasteiger partial charge >= 0.3 is 0 Å². The van der Waals surface area contributed by atoms with E-state index in [1.807, 2.05) is 6.92 Å². The van der Waals surface area contributed by atoms with Gasteiger partial charge in [0.2, 0.25) is 5.78 Å². The van der Waals surface area contributed by atoms with Crippen molar-refractivity contribution in [1.82, 2.24) is 0 Å². The topological polar surface area (TPSA) is 35.5 Å². The molecule has 4 heteroatoms. The van der Waals surface area contributed by atoms with Gasteiger partial charge in [-0.1, -0.05) is 12.1 Å². The normalized spacial score (nSPS) is 15.0. The Balaban J connectivity index is 1.92. The molecule has 1 heterocycles. The van der Waals surface area contributed by atoms with Gasteiger partial charge in [0.1, 0.15) is 17.3 Å². The third kappa shape index (κ3) is 2.65. The van der Waals surface area contributed by atoms with Gasteiger partial charge in [-0.15, -0.1) is 0 Å². The smallest absolute Gasteiger partial charge is 0.231 e. The Morgan fingerprint density at radius 3 is 2.86 bits per heavy atom. The van der Waals surface area contributed by atoms with E-state index in [4.69, 9.17) is 9.47 Å². The van der Waals surface area contributed by atoms with Crippen LogP contribution in [0.5, 0.6) is 11.5 Å². The number of carbonyl (C=O) groups excluding carboxylic acids is 1. The average molecular weight is 284 g/mol. The second kappa shape index (κ2) is 5.40. The molecule has 0 aromatic heterocycles. The molecule has 0 saturated carbocycles. The summed E-state index contributed by atoms with van der Waals surface area (Å²) in [4.78, 5) is 12.2. The summed E-state index contributed by atoms with van der Waals surface area (Å²) in [5, 5.41) is 0. The number of benzene rings is 2. The van der Waals surface area contributed by atoms with Crippen LogP contribution in [0, 0.1) is 5.82 Å². The molecule has 0 saturated heterocycles. The molecule has 3 rings (SSSR count). The molecule has 0 atom stereocenters. The Hall–Kier alpha value is -2.62. The molecule has 0 fully saturated rings. The number of hydrogen-bond acceptors (Lipinski definition) is 3. The van der Waals surface area contributed by atoms with Crippen LogP contribution in [0.1, 0.15) is 22.8 Å². The molecule has 3 nitrogen and oxygen atoms in total. The van der Waals surface area contributed by atoms with Crippen molar-refractivity contribution in [3.63, 3.8) is 0 Å². The summed E-state index contributed by atoms with van der Waals surface area (Å²) < 4.78 is 24.1. The Kier molecular flexibility index (Phi) is 3.44. The van der Waals surface area contributed by atoms with Gasteiger partial charge in [0.05, 0.1) is 12.2 Å². The van der Waals surface area contributed by atoms with Crippen molar-refractivity contribution in [3.05, 3.63) is 65.2 Å². The third-order valence-corrected chi connectivity index (χ3v) is 3.10. The largest absolute Gasteiger partial charge is 0.494 e. The summed E-state index contributed by atoms with van der Waals surface area (Å²) >= 11 is 0. The highest BCUT2D eigenvalue weighted by Crippen LogP contribution is 2.34. The number of hydrogen-bond donors (Lipinski definition) is 0. The summed E-state index contributed by atoms with van der Waals surface area (Å²) in [5.74, 6) is 0.733. The van der Waals surface area contributed by atoms with Crippen molar-refractivity contribution in [1.29, 1.82) is 0 Å². The van der Waals surface area contributed by atoms with Crippen LogP contribution in [-0.4, -0.2) is 12.4 Å². The summed E-state index contributed by atoms with van der Waals surface area (Å²) in [6.45, 7) is 2.42. The van der Waals surface area contributed by atoms with Crippen molar-refractivity contribution < 1.29 is 18.7 Å². The summed E-state index contributed by atoms with van der Waals surface area (Å²) in [5.41, 5.74) is 1.07. The number of ketones is 1. The van der Waals surface area contributed by atoms with Crippen LogP contribution < -0.4 is 9.47 Å². The molecule has 1 aliphatic rings. The van der Waals surface area contributed by atoms with Crippen LogP contribution >= 0.6 is 0 Å². The van der Waals surface area contributed by atoms with Gasteiger partial charge < -0.3 is 9.47 Å². The van der Waals surface area contributed by atoms with Crippen molar-refractivity contribution in [2.45, 2.75) is 6.92 Å². The van der Waals surface area contributed by atoms with Gasteiger partial charge in [0.15, 0.2) is 5.76 Å². The number of allylic oxidation sites excluding steroid dienone is 1. The molecule has 0 aliphatic carbocycles. The second-order valence-electron chi connectivity index (χ2n) is 4.59. The maximum Gasteiger partial charge on any atom is 0.231 e. The molecular weight excluding hydrogens is 271 g/mol. The lowest BCUT2D eigenvalue weighted by Crippen LogP contribution is -1.98. The molecule has 1 aliphatic heterocycles. The number of ether oxygens (including phenoxy) is 2. The standard InChI is InChI=1S/C17H13FO3/c1-2-20-13-6-7-14-15(10-13)21-16(17(14)19)9-11-4-3-5-12(18)8-11/h3-10H,2H2,1H3/b16-9+. The van der Waals surface area contributed by atoms with Crippen LogP contribution in [-0.2, 0) is 0 Å². The molecule has 106 valence electrons. The first kappa shape index (κ1) is 13.4. The molecule has 0 N–H and O–H groups in total. The minimum atomic E-state index is -0.356. The third-order valence-electron chi connectivity index (χ3n) is 3.10. The number of rotatable bonds is 3. The van der Waals surface area contributed by atoms with Crippen LogP contribution in [0.4, 0.5) is 4.39 Å². The van der Waals surface area contributed by atoms with Crippen molar-refractivity contribution in [2.75, 3.05) is 6.61 Å². The first-order valence-electron chi connectivity index (χ1n) is 6.64. The predicted octanol–water partition coefficient (Wildman–Crippen LogP) is 3.84. The Morgan fingerprint density at radius 1 is 1.24 bits per heavy atom. The molecule has 0 amide bonds. The van der Waals surface area contributed by atoms with E-state index in [1.54, 1.807) is 30.3 Å². The highest BCUT2D eigenvalue weighted by atomic mass is 19.1. The minimum Gasteiger partial charge on any atom is -0.494 e. The Labute approximate surface area is 121 Å². The molecular formula is C17H13FO3. The molecule has 2 aromatic carbocycles. The highest BCUT2D eigenvalue weighted by Gasteiger charge is 2.27. The second-order valence-corrected chi connectivity index (χ2v) is 4.59. The van der Waals surface area contributed by atoms with E-state index in [1.165, 1.54) is 18.2 Å². The fourth-order valence-corrected chi connectivity index (χ4v) is 2.17. The van der Waals surface area contributed by atoms with E-state index in [0.29, 0.717) is 29.2 Å². The zero-order valence-electron chi connectivity index (χ0n) is 11.4. The van der Waals surface area contributed by atoms with Gasteiger partial charge in [0, 0.05) is 6.07 Å². The number of carbonyl (C=O) groups is 1. The van der Waals surface area contributed by atoms with Gasteiger partial charge in [0.25, 0.3) is 0 Å². The molecule has 0 bridgehead atoms. The highest BCUT2D eigenvalue weighted by molar-refractivity contribution is 6.14. The molecule has 0 radical (unpaired) electrons. The van der Waals surface area contributed by atoms with Gasteiger partial charge in [-0.25, -0.2) is 4.39 Å². The van der Waals surface area contributed by atoms with Gasteiger partial charge in [-0.3, -0.25) is 4.79 Å². The van der Waals surface area contributed by atoms with E-state index < -0.39 is 0 Å². The van der Waals surface area contributed by atoms with E-state index in [0.717, 1.165) is 0 Å². The maximum atomic E-state index is 13.2. The molecule has 0 spiro atoms. The molecule has 21 heavy (non-hydrogen) atoms. The van der Waals surface area contributed by atoms with Crippen LogP contribution in [0.3, 0.4) is 0 Å². The fraction of sp³-hybridized carbons (Fsp3) is 0.118. The van der Waals surface area contributed by atoms with Gasteiger partial charge in [-0.05, 0) is 42.8 Å². The van der Waals surface area contributed by atoms with Crippen molar-refractivity contribution in [3.8, 4) is 11.5 Å². The van der Waals surface area contributed by atoms with Crippen molar-refractivity contribution >= 4 is 11.9 Å². The lowest BCUT2D eigenvalue weighted by molar-refractivity contribution is 0.101. The fourth-order valence-electron chi connectivity index (χ4n) is 2.17. The predicted molar refractivity (Wildman–Crippen MR) is 76.9 cm³/mol. The molecule has 2 aromatic rings. The zero-order chi connectivity index (χ0) is 14.8. The first-order chi connectivity index (χ1) is 10.2. The number of halogens is 1. The summed E-state index contributed by atoms with van der Waals surface area (Å²) in [7, 11) is 0. The molecule has 0 unspecified atom stereocenters. The van der Waals surface area contributed by atoms with Gasteiger partial charge in [-0.2, -0.15) is 0 Å². The Bertz CT molecular complexity index is 735. The maximum absolute atomic E-state index is 13.2. The first-order valence-corrected chi connectivity index (χ1v) is 6.64. The van der Waals surface area contributed by atoms with Crippen LogP contribution in [0.15, 0.2) is 48.2 Å². The monoisotopic (exact) mass is 284 g/mol. The van der Waals surface area contributed by atoms with E-state index in [9.17, 15) is 9.18 Å². The minimum absolute atomic E-state index is 0.184. The lowest BCUT2D eigenvalue weighted by atomic mass is 10.1. The van der Waals surface area contributed by atoms with E-state index >= 15 is 0 Å². The zero-order valence-corrected chi connectivity index (χ0v) is 11.4. The Morgan fingerprint density at radius 2 is 2.10 bits per heavy atom. The quantitative estimate of drug-likeness (QED) is 0.803. The SMILES string of the molecule is CCOc1ccc2c(c1)O/C(=C/c1cccc(F)c1)C2=O. The van der Waals surface area contributed by atoms with Crippen LogP contribution in [0.2, 0.25) is 0 Å². The average Bonchev–Trinajstić information content (AvgIpc) is 2.75. The summed E-state index contributed by atoms with van der Waals surface area (Å²) in [6, 6.07) is 11.1. The summed E-state index contributed by atoms with van der Waals surface area (Å²) in [6.07, 6.45) is 1.53. The number of Topliss-reactive ketones (excluding diaryl/α,β-unsaturated/α-hetero) is 1. The van der Waals surface area contributed by atoms with Crippen molar-refractivity contribution in [2.24, 2.45) is 0 Å².